The molecule has 0 aromatic rings. The van der Waals surface area contributed by atoms with Crippen molar-refractivity contribution in [1.82, 2.24) is 0 Å². The predicted octanol–water partition coefficient (Wildman–Crippen LogP) is 3.19. The molecule has 6 heteroatoms. The van der Waals surface area contributed by atoms with Gasteiger partial charge >= 0.3 is 5.97 Å². The van der Waals surface area contributed by atoms with Crippen molar-refractivity contribution in [1.29, 1.82) is 0 Å². The molecule has 5 nitrogen and oxygen atoms in total. The molecule has 1 fully saturated rings. The minimum absolute atomic E-state index is 0.0139. The number of hydrogen-bond donors (Lipinski definition) is 0. The number of unbranched alkanes of at least 4 members (excludes halogenated alkanes) is 1. The van der Waals surface area contributed by atoms with E-state index < -0.39 is 5.79 Å². The smallest absolute Gasteiger partial charge is 0.305 e. The summed E-state index contributed by atoms with van der Waals surface area (Å²) in [5, 5.41) is 0. The number of carbonyl (C=O) groups is 2. The maximum atomic E-state index is 11.0. The van der Waals surface area contributed by atoms with Crippen LogP contribution in [0.2, 0.25) is 0 Å². The fourth-order valence-corrected chi connectivity index (χ4v) is 3.06. The molecule has 1 saturated heterocycles. The third kappa shape index (κ3) is 8.27. The summed E-state index contributed by atoms with van der Waals surface area (Å²) >= 11 is 2.35. The van der Waals surface area contributed by atoms with Gasteiger partial charge in [-0.05, 0) is 26.3 Å². The van der Waals surface area contributed by atoms with Gasteiger partial charge in [0.2, 0.25) is 0 Å². The number of methoxy groups -OCH3 is 1. The minimum Gasteiger partial charge on any atom is -0.469 e. The topological polar surface area (TPSA) is 61.8 Å². The molecule has 1 aliphatic heterocycles. The molecule has 1 rings (SSSR count). The average molecular weight is 448 g/mol. The van der Waals surface area contributed by atoms with Crippen LogP contribution in [0.15, 0.2) is 12.2 Å². The Morgan fingerprint density at radius 3 is 2.83 bits per heavy atom. The molecule has 0 radical (unpaired) electrons. The van der Waals surface area contributed by atoms with Crippen molar-refractivity contribution in [3.8, 4) is 11.8 Å². The van der Waals surface area contributed by atoms with Gasteiger partial charge in [-0.1, -0.05) is 28.7 Å². The molecule has 24 heavy (non-hydrogen) atoms. The lowest BCUT2D eigenvalue weighted by molar-refractivity contribution is -0.288. The number of esters is 1. The van der Waals surface area contributed by atoms with Crippen LogP contribution in [-0.2, 0) is 23.8 Å². The van der Waals surface area contributed by atoms with E-state index in [0.717, 1.165) is 6.29 Å². The Morgan fingerprint density at radius 2 is 2.17 bits per heavy atom. The minimum atomic E-state index is -0.682. The zero-order valence-corrected chi connectivity index (χ0v) is 16.6. The molecule has 3 atom stereocenters. The Kier molecular flexibility index (Phi) is 9.56. The number of aldehydes is 1. The fourth-order valence-electron chi connectivity index (χ4n) is 2.40. The number of hydrogen-bond acceptors (Lipinski definition) is 5. The van der Waals surface area contributed by atoms with Crippen molar-refractivity contribution in [2.75, 3.05) is 7.11 Å². The van der Waals surface area contributed by atoms with E-state index in [1.165, 1.54) is 13.2 Å². The van der Waals surface area contributed by atoms with E-state index in [1.807, 2.05) is 13.8 Å². The molecule has 1 aliphatic rings. The first kappa shape index (κ1) is 21.1. The van der Waals surface area contributed by atoms with Crippen molar-refractivity contribution >= 4 is 34.8 Å². The van der Waals surface area contributed by atoms with Gasteiger partial charge in [-0.2, -0.15) is 0 Å². The molecule has 0 amide bonds. The van der Waals surface area contributed by atoms with Crippen LogP contribution in [0.1, 0.15) is 46.0 Å². The number of halogens is 1. The second-order valence-corrected chi connectivity index (χ2v) is 7.57. The molecular formula is C18H25IO5. The molecular weight excluding hydrogens is 423 g/mol. The first-order valence-electron chi connectivity index (χ1n) is 8.02. The van der Waals surface area contributed by atoms with Crippen molar-refractivity contribution in [3.63, 3.8) is 0 Å². The number of alkyl halides is 1. The summed E-state index contributed by atoms with van der Waals surface area (Å²) in [4.78, 5) is 21.5. The van der Waals surface area contributed by atoms with Gasteiger partial charge in [0.05, 0.1) is 19.3 Å². The molecule has 0 aromatic heterocycles. The Morgan fingerprint density at radius 1 is 1.42 bits per heavy atom. The summed E-state index contributed by atoms with van der Waals surface area (Å²) in [6.07, 6.45) is 7.08. The second-order valence-electron chi connectivity index (χ2n) is 5.97. The zero-order chi connectivity index (χ0) is 18.0. The third-order valence-electron chi connectivity index (χ3n) is 3.48. The Hall–Kier alpha value is -0.910. The van der Waals surface area contributed by atoms with Gasteiger partial charge < -0.3 is 14.2 Å². The SMILES string of the molecule is COC(=O)CCCC#CC[C@H](I)[C@@H]1C[C@H](/C=C/C=O)OC(C)(C)O1. The van der Waals surface area contributed by atoms with Gasteiger partial charge in [0.1, 0.15) is 6.29 Å². The molecule has 0 spiro atoms. The van der Waals surface area contributed by atoms with Crippen LogP contribution in [0.5, 0.6) is 0 Å². The van der Waals surface area contributed by atoms with Crippen molar-refractivity contribution in [2.45, 2.75) is 67.9 Å². The summed E-state index contributed by atoms with van der Waals surface area (Å²) in [6.45, 7) is 3.76. The lowest BCUT2D eigenvalue weighted by Crippen LogP contribution is -2.47. The molecule has 0 aliphatic carbocycles. The highest BCUT2D eigenvalue weighted by Crippen LogP contribution is 2.32. The highest BCUT2D eigenvalue weighted by atomic mass is 127. The summed E-state index contributed by atoms with van der Waals surface area (Å²) < 4.78 is 16.6. The molecule has 0 N–H and O–H groups in total. The van der Waals surface area contributed by atoms with Crippen LogP contribution in [-0.4, -0.2) is 41.3 Å². The van der Waals surface area contributed by atoms with Gasteiger partial charge in [-0.3, -0.25) is 9.59 Å². The van der Waals surface area contributed by atoms with Crippen LogP contribution >= 0.6 is 22.6 Å². The monoisotopic (exact) mass is 448 g/mol. The Bertz CT molecular complexity index is 503. The second kappa shape index (κ2) is 10.9. The van der Waals surface area contributed by atoms with Gasteiger partial charge in [0.25, 0.3) is 0 Å². The molecule has 0 aromatic carbocycles. The molecule has 0 bridgehead atoms. The van der Waals surface area contributed by atoms with E-state index >= 15 is 0 Å². The summed E-state index contributed by atoms with van der Waals surface area (Å²) in [6, 6.07) is 0. The highest BCUT2D eigenvalue weighted by Gasteiger charge is 2.37. The highest BCUT2D eigenvalue weighted by molar-refractivity contribution is 14.1. The van der Waals surface area contributed by atoms with Crippen molar-refractivity contribution in [2.24, 2.45) is 0 Å². The lowest BCUT2D eigenvalue weighted by Gasteiger charge is -2.41. The van der Waals surface area contributed by atoms with E-state index in [2.05, 4.69) is 39.2 Å². The van der Waals surface area contributed by atoms with E-state index in [9.17, 15) is 9.59 Å². The van der Waals surface area contributed by atoms with Gasteiger partial charge in [0.15, 0.2) is 5.79 Å². The number of carbonyl (C=O) groups excluding carboxylic acids is 2. The molecule has 134 valence electrons. The Labute approximate surface area is 157 Å². The number of rotatable bonds is 7. The van der Waals surface area contributed by atoms with Crippen molar-refractivity contribution < 1.29 is 23.8 Å². The third-order valence-corrected chi connectivity index (χ3v) is 4.72. The van der Waals surface area contributed by atoms with Crippen molar-refractivity contribution in [3.05, 3.63) is 12.2 Å². The average Bonchev–Trinajstić information content (AvgIpc) is 2.54. The zero-order valence-electron chi connectivity index (χ0n) is 14.4. The van der Waals surface area contributed by atoms with Gasteiger partial charge in [0, 0.05) is 29.6 Å². The van der Waals surface area contributed by atoms with Crippen LogP contribution in [0.3, 0.4) is 0 Å². The van der Waals surface area contributed by atoms with E-state index in [0.29, 0.717) is 32.1 Å². The Balaban J connectivity index is 2.45. The summed E-state index contributed by atoms with van der Waals surface area (Å²) in [5.74, 6) is 5.37. The normalized spacial score (nSPS) is 24.0. The molecule has 0 saturated carbocycles. The van der Waals surface area contributed by atoms with Crippen LogP contribution < -0.4 is 0 Å². The van der Waals surface area contributed by atoms with Crippen LogP contribution in [0, 0.1) is 11.8 Å². The summed E-state index contributed by atoms with van der Waals surface area (Å²) in [5.41, 5.74) is 0. The maximum absolute atomic E-state index is 11.0. The number of ether oxygens (including phenoxy) is 3. The molecule has 1 heterocycles. The standard InChI is InChI=1S/C18H25IO5/c1-18(2)23-14(9-8-12-20)13-16(24-18)15(19)10-6-4-5-7-11-17(21)22-3/h8-9,12,14-16H,5,7,10-11,13H2,1-3H3/b9-8+/t14-,15-,16-/m0/s1. The molecule has 0 unspecified atom stereocenters. The summed E-state index contributed by atoms with van der Waals surface area (Å²) in [7, 11) is 1.39. The van der Waals surface area contributed by atoms with E-state index in [1.54, 1.807) is 6.08 Å². The van der Waals surface area contributed by atoms with Gasteiger partial charge in [-0.25, -0.2) is 0 Å². The first-order chi connectivity index (χ1) is 11.4. The van der Waals surface area contributed by atoms with E-state index in [4.69, 9.17) is 9.47 Å². The maximum Gasteiger partial charge on any atom is 0.305 e. The van der Waals surface area contributed by atoms with Gasteiger partial charge in [-0.15, -0.1) is 11.8 Å². The first-order valence-corrected chi connectivity index (χ1v) is 9.26. The number of allylic oxidation sites excluding steroid dienone is 1. The predicted molar refractivity (Wildman–Crippen MR) is 99.7 cm³/mol. The fraction of sp³-hybridized carbons (Fsp3) is 0.667. The largest absolute Gasteiger partial charge is 0.469 e. The van der Waals surface area contributed by atoms with E-state index in [-0.39, 0.29) is 22.1 Å². The van der Waals surface area contributed by atoms with Crippen LogP contribution in [0.4, 0.5) is 0 Å². The van der Waals surface area contributed by atoms with Crippen LogP contribution in [0.25, 0.3) is 0 Å². The quantitative estimate of drug-likeness (QED) is 0.114. The lowest BCUT2D eigenvalue weighted by atomic mass is 10.0.